The van der Waals surface area contributed by atoms with Gasteiger partial charge in [-0.2, -0.15) is 57.1 Å². The molecule has 0 aromatic rings. The first-order chi connectivity index (χ1) is 12.1. The summed E-state index contributed by atoms with van der Waals surface area (Å²) in [6, 6.07) is 0. The van der Waals surface area contributed by atoms with Crippen LogP contribution in [0.4, 0.5) is 57.1 Å². The fourth-order valence-electron chi connectivity index (χ4n) is 1.52. The van der Waals surface area contributed by atoms with Crippen molar-refractivity contribution in [3.8, 4) is 0 Å². The number of ether oxygens (including phenoxy) is 1. The maximum atomic E-state index is 13.4. The average molecular weight is 448 g/mol. The van der Waals surface area contributed by atoms with Gasteiger partial charge in [-0.15, -0.1) is 0 Å². The molecule has 0 rings (SSSR count). The van der Waals surface area contributed by atoms with Gasteiger partial charge in [0.05, 0.1) is 6.10 Å². The number of esters is 1. The molecule has 0 bridgehead atoms. The SMILES string of the molecule is C=CC(=O)OC[C@@H](O)CC(F)(F)C(F)(F)C(F)(F)C(F)(F)C(F)(F)C(F)(F)F. The monoisotopic (exact) mass is 448 g/mol. The van der Waals surface area contributed by atoms with E-state index in [1.165, 1.54) is 0 Å². The zero-order valence-corrected chi connectivity index (χ0v) is 13.0. The van der Waals surface area contributed by atoms with E-state index in [0.717, 1.165) is 0 Å². The first kappa shape index (κ1) is 26.3. The van der Waals surface area contributed by atoms with Crippen LogP contribution in [0.1, 0.15) is 6.42 Å². The number of rotatable bonds is 9. The van der Waals surface area contributed by atoms with Crippen molar-refractivity contribution in [2.45, 2.75) is 48.3 Å². The molecule has 0 aromatic heterocycles. The van der Waals surface area contributed by atoms with E-state index in [4.69, 9.17) is 5.11 Å². The summed E-state index contributed by atoms with van der Waals surface area (Å²) in [7, 11) is 0. The smallest absolute Gasteiger partial charge is 0.460 e. The van der Waals surface area contributed by atoms with Crippen LogP contribution in [0.15, 0.2) is 12.7 Å². The van der Waals surface area contributed by atoms with Crippen molar-refractivity contribution >= 4 is 5.97 Å². The lowest BCUT2D eigenvalue weighted by Gasteiger charge is -2.40. The molecule has 28 heavy (non-hydrogen) atoms. The van der Waals surface area contributed by atoms with E-state index >= 15 is 0 Å². The standard InChI is InChI=1S/C12H9F13O3/c1-2-6(27)28-4-5(26)3-7(13,14)8(15,16)9(17,18)10(19,20)11(21,22)12(23,24)25/h2,5,26H,1,3-4H2/t5-/m0/s1. The van der Waals surface area contributed by atoms with Crippen LogP contribution >= 0.6 is 0 Å². The summed E-state index contributed by atoms with van der Waals surface area (Å²) >= 11 is 0. The molecule has 166 valence electrons. The van der Waals surface area contributed by atoms with Gasteiger partial charge in [0, 0.05) is 12.5 Å². The van der Waals surface area contributed by atoms with Crippen LogP contribution in [0.25, 0.3) is 0 Å². The molecule has 1 atom stereocenters. The predicted molar refractivity (Wildman–Crippen MR) is 62.6 cm³/mol. The fourth-order valence-corrected chi connectivity index (χ4v) is 1.52. The van der Waals surface area contributed by atoms with Crippen molar-refractivity contribution in [2.24, 2.45) is 0 Å². The zero-order chi connectivity index (χ0) is 23.0. The largest absolute Gasteiger partial charge is 0.460 e. The summed E-state index contributed by atoms with van der Waals surface area (Å²) in [4.78, 5) is 10.6. The van der Waals surface area contributed by atoms with E-state index < -0.39 is 60.9 Å². The summed E-state index contributed by atoms with van der Waals surface area (Å²) < 4.78 is 170. The Bertz CT molecular complexity index is 582. The quantitative estimate of drug-likeness (QED) is 0.327. The molecule has 0 fully saturated rings. The fraction of sp³-hybridized carbons (Fsp3) is 0.750. The van der Waals surface area contributed by atoms with Gasteiger partial charge in [-0.3, -0.25) is 0 Å². The first-order valence-electron chi connectivity index (χ1n) is 6.53. The van der Waals surface area contributed by atoms with Crippen LogP contribution in [0, 0.1) is 0 Å². The van der Waals surface area contributed by atoms with Crippen molar-refractivity contribution in [3.05, 3.63) is 12.7 Å². The first-order valence-corrected chi connectivity index (χ1v) is 6.53. The molecule has 0 radical (unpaired) electrons. The van der Waals surface area contributed by atoms with Crippen LogP contribution in [0.3, 0.4) is 0 Å². The van der Waals surface area contributed by atoms with Gasteiger partial charge < -0.3 is 9.84 Å². The van der Waals surface area contributed by atoms with Crippen molar-refractivity contribution in [1.82, 2.24) is 0 Å². The van der Waals surface area contributed by atoms with Crippen molar-refractivity contribution in [1.29, 1.82) is 0 Å². The number of hydrogen-bond acceptors (Lipinski definition) is 3. The van der Waals surface area contributed by atoms with Crippen molar-refractivity contribution in [2.75, 3.05) is 6.61 Å². The summed E-state index contributed by atoms with van der Waals surface area (Å²) in [6.45, 7) is 1.21. The minimum absolute atomic E-state index is 0.382. The van der Waals surface area contributed by atoms with Crippen LogP contribution in [-0.2, 0) is 9.53 Å². The Morgan fingerprint density at radius 3 is 1.57 bits per heavy atom. The highest BCUT2D eigenvalue weighted by molar-refractivity contribution is 5.81. The molecule has 0 amide bonds. The lowest BCUT2D eigenvalue weighted by molar-refractivity contribution is -0.440. The Morgan fingerprint density at radius 1 is 0.821 bits per heavy atom. The molecule has 0 aliphatic carbocycles. The third-order valence-electron chi connectivity index (χ3n) is 3.08. The molecule has 0 aliphatic rings. The van der Waals surface area contributed by atoms with Gasteiger partial charge in [0.25, 0.3) is 0 Å². The van der Waals surface area contributed by atoms with E-state index in [0.29, 0.717) is 6.08 Å². The third-order valence-corrected chi connectivity index (χ3v) is 3.08. The van der Waals surface area contributed by atoms with Crippen LogP contribution in [-0.4, -0.2) is 59.6 Å². The van der Waals surface area contributed by atoms with Gasteiger partial charge >= 0.3 is 41.8 Å². The van der Waals surface area contributed by atoms with Crippen LogP contribution in [0.5, 0.6) is 0 Å². The lowest BCUT2D eigenvalue weighted by Crippen LogP contribution is -2.70. The molecule has 0 unspecified atom stereocenters. The highest BCUT2D eigenvalue weighted by Gasteiger charge is 2.90. The number of hydrogen-bond donors (Lipinski definition) is 1. The maximum absolute atomic E-state index is 13.4. The van der Waals surface area contributed by atoms with E-state index in [2.05, 4.69) is 11.3 Å². The van der Waals surface area contributed by atoms with Gasteiger partial charge in [-0.05, 0) is 0 Å². The Hall–Kier alpha value is -1.74. The Morgan fingerprint density at radius 2 is 1.21 bits per heavy atom. The summed E-state index contributed by atoms with van der Waals surface area (Å²) in [5.74, 6) is -39.1. The molecule has 0 saturated carbocycles. The Labute approximate surface area is 146 Å². The molecule has 0 aliphatic heterocycles. The van der Waals surface area contributed by atoms with E-state index in [-0.39, 0.29) is 0 Å². The second-order valence-electron chi connectivity index (χ2n) is 5.19. The van der Waals surface area contributed by atoms with Crippen LogP contribution < -0.4 is 0 Å². The lowest BCUT2D eigenvalue weighted by atomic mass is 9.91. The number of halogens is 13. The molecule has 0 saturated heterocycles. The second-order valence-corrected chi connectivity index (χ2v) is 5.19. The minimum Gasteiger partial charge on any atom is -0.460 e. The number of aliphatic hydroxyl groups is 1. The highest BCUT2D eigenvalue weighted by atomic mass is 19.4. The molecule has 3 nitrogen and oxygen atoms in total. The number of alkyl halides is 13. The molecular weight excluding hydrogens is 439 g/mol. The summed E-state index contributed by atoms with van der Waals surface area (Å²) in [5, 5.41) is 8.96. The van der Waals surface area contributed by atoms with Gasteiger partial charge in [-0.25, -0.2) is 4.79 Å². The second kappa shape index (κ2) is 7.59. The maximum Gasteiger partial charge on any atom is 0.460 e. The zero-order valence-electron chi connectivity index (χ0n) is 13.0. The molecule has 16 heteroatoms. The topological polar surface area (TPSA) is 46.5 Å². The van der Waals surface area contributed by atoms with Crippen molar-refractivity contribution < 1.29 is 71.7 Å². The van der Waals surface area contributed by atoms with Crippen molar-refractivity contribution in [3.63, 3.8) is 0 Å². The van der Waals surface area contributed by atoms with Gasteiger partial charge in [0.1, 0.15) is 6.61 Å². The number of aliphatic hydroxyl groups excluding tert-OH is 1. The predicted octanol–water partition coefficient (Wildman–Crippen LogP) is 4.21. The van der Waals surface area contributed by atoms with E-state index in [1.807, 2.05) is 0 Å². The molecule has 0 spiro atoms. The normalized spacial score (nSPS) is 15.9. The highest BCUT2D eigenvalue weighted by Crippen LogP contribution is 2.60. The van der Waals surface area contributed by atoms with Crippen LogP contribution in [0.2, 0.25) is 0 Å². The molecule has 0 aromatic carbocycles. The van der Waals surface area contributed by atoms with Gasteiger partial charge in [0.15, 0.2) is 0 Å². The summed E-state index contributed by atoms with van der Waals surface area (Å²) in [6.07, 6.45) is -12.9. The minimum atomic E-state index is -8.01. The Balaban J connectivity index is 5.85. The molecule has 0 heterocycles. The number of carbonyl (C=O) groups is 1. The van der Waals surface area contributed by atoms with E-state index in [1.54, 1.807) is 0 Å². The van der Waals surface area contributed by atoms with E-state index in [9.17, 15) is 61.9 Å². The van der Waals surface area contributed by atoms with Gasteiger partial charge in [0.2, 0.25) is 0 Å². The summed E-state index contributed by atoms with van der Waals surface area (Å²) in [5.41, 5.74) is 0. The number of carbonyl (C=O) groups excluding carboxylic acids is 1. The average Bonchev–Trinajstić information content (AvgIpc) is 2.50. The van der Waals surface area contributed by atoms with Gasteiger partial charge in [-0.1, -0.05) is 6.58 Å². The molecular formula is C12H9F13O3. The third kappa shape index (κ3) is 4.30. The Kier molecular flexibility index (Phi) is 7.12. The molecule has 1 N–H and O–H groups in total.